The van der Waals surface area contributed by atoms with E-state index in [9.17, 15) is 9.18 Å². The van der Waals surface area contributed by atoms with Gasteiger partial charge >= 0.3 is 0 Å². The van der Waals surface area contributed by atoms with Gasteiger partial charge in [-0.2, -0.15) is 0 Å². The number of para-hydroxylation sites is 1. The highest BCUT2D eigenvalue weighted by Crippen LogP contribution is 2.13. The predicted octanol–water partition coefficient (Wildman–Crippen LogP) is 3.48. The molecule has 98 valence electrons. The molecule has 2 aromatic carbocycles. The van der Waals surface area contributed by atoms with E-state index in [1.165, 1.54) is 12.1 Å². The Morgan fingerprint density at radius 3 is 2.68 bits per heavy atom. The molecule has 0 atom stereocenters. The fraction of sp³-hybridized carbons (Fsp3) is 0.0714. The molecule has 2 rings (SSSR count). The van der Waals surface area contributed by atoms with Crippen LogP contribution in [0.4, 0.5) is 15.8 Å². The third-order valence-corrected chi connectivity index (χ3v) is 3.10. The summed E-state index contributed by atoms with van der Waals surface area (Å²) in [5.74, 6) is -0.728. The van der Waals surface area contributed by atoms with Crippen molar-refractivity contribution in [2.45, 2.75) is 0 Å². The van der Waals surface area contributed by atoms with Crippen LogP contribution in [-0.4, -0.2) is 12.5 Å². The molecule has 3 nitrogen and oxygen atoms in total. The number of rotatable bonds is 4. The van der Waals surface area contributed by atoms with Gasteiger partial charge in [0.05, 0.1) is 12.2 Å². The van der Waals surface area contributed by atoms with Gasteiger partial charge in [-0.1, -0.05) is 18.2 Å². The summed E-state index contributed by atoms with van der Waals surface area (Å²) in [6.45, 7) is 0.0917. The van der Waals surface area contributed by atoms with E-state index in [1.807, 2.05) is 24.3 Å². The molecule has 0 spiro atoms. The minimum absolute atomic E-state index is 0.0917. The number of amides is 1. The summed E-state index contributed by atoms with van der Waals surface area (Å²) in [6.07, 6.45) is 0. The summed E-state index contributed by atoms with van der Waals surface area (Å²) in [5.41, 5.74) is 1.05. The fourth-order valence-electron chi connectivity index (χ4n) is 1.54. The zero-order chi connectivity index (χ0) is 13.7. The number of benzene rings is 2. The van der Waals surface area contributed by atoms with Gasteiger partial charge in [-0.05, 0) is 52.9 Å². The van der Waals surface area contributed by atoms with E-state index in [0.29, 0.717) is 0 Å². The first-order valence-corrected chi connectivity index (χ1v) is 6.77. The van der Waals surface area contributed by atoms with Crippen LogP contribution in [0.15, 0.2) is 48.5 Å². The first-order valence-electron chi connectivity index (χ1n) is 5.69. The number of nitrogens with one attached hydrogen (secondary N) is 2. The van der Waals surface area contributed by atoms with Crippen molar-refractivity contribution in [3.05, 3.63) is 57.9 Å². The first kappa shape index (κ1) is 13.8. The van der Waals surface area contributed by atoms with Crippen LogP contribution in [-0.2, 0) is 4.79 Å². The van der Waals surface area contributed by atoms with Crippen LogP contribution < -0.4 is 10.6 Å². The van der Waals surface area contributed by atoms with Crippen molar-refractivity contribution in [1.29, 1.82) is 0 Å². The molecule has 5 heteroatoms. The van der Waals surface area contributed by atoms with Crippen molar-refractivity contribution in [2.75, 3.05) is 17.2 Å². The van der Waals surface area contributed by atoms with Gasteiger partial charge in [0.25, 0.3) is 0 Å². The maximum atomic E-state index is 13.3. The van der Waals surface area contributed by atoms with E-state index in [2.05, 4.69) is 33.2 Å². The van der Waals surface area contributed by atoms with Crippen molar-refractivity contribution in [3.8, 4) is 0 Å². The first-order chi connectivity index (χ1) is 9.15. The van der Waals surface area contributed by atoms with Gasteiger partial charge < -0.3 is 10.6 Å². The zero-order valence-electron chi connectivity index (χ0n) is 9.99. The number of hydrogen-bond acceptors (Lipinski definition) is 2. The SMILES string of the molecule is O=C(CNc1cccc(I)c1)Nc1ccccc1F. The van der Waals surface area contributed by atoms with Crippen LogP contribution >= 0.6 is 22.6 Å². The lowest BCUT2D eigenvalue weighted by atomic mass is 10.3. The molecule has 1 amide bonds. The molecule has 0 aliphatic carbocycles. The Labute approximate surface area is 124 Å². The Morgan fingerprint density at radius 1 is 1.16 bits per heavy atom. The molecule has 0 unspecified atom stereocenters. The quantitative estimate of drug-likeness (QED) is 0.810. The lowest BCUT2D eigenvalue weighted by Gasteiger charge is -2.08. The Balaban J connectivity index is 1.90. The Bertz CT molecular complexity index is 589. The maximum absolute atomic E-state index is 13.3. The molecule has 2 aromatic rings. The predicted molar refractivity (Wildman–Crippen MR) is 82.7 cm³/mol. The van der Waals surface area contributed by atoms with Crippen molar-refractivity contribution < 1.29 is 9.18 Å². The molecule has 0 fully saturated rings. The Morgan fingerprint density at radius 2 is 1.95 bits per heavy atom. The van der Waals surface area contributed by atoms with Gasteiger partial charge in [0.15, 0.2) is 0 Å². The van der Waals surface area contributed by atoms with E-state index in [1.54, 1.807) is 12.1 Å². The summed E-state index contributed by atoms with van der Waals surface area (Å²) in [6, 6.07) is 13.8. The van der Waals surface area contributed by atoms with Gasteiger partial charge in [-0.3, -0.25) is 4.79 Å². The molecule has 0 radical (unpaired) electrons. The molecule has 0 aliphatic heterocycles. The van der Waals surface area contributed by atoms with Gasteiger partial charge in [0.2, 0.25) is 5.91 Å². The number of hydrogen-bond donors (Lipinski definition) is 2. The lowest BCUT2D eigenvalue weighted by Crippen LogP contribution is -2.22. The van der Waals surface area contributed by atoms with Crippen molar-refractivity contribution >= 4 is 39.9 Å². The van der Waals surface area contributed by atoms with E-state index < -0.39 is 5.82 Å². The smallest absolute Gasteiger partial charge is 0.243 e. The van der Waals surface area contributed by atoms with E-state index in [-0.39, 0.29) is 18.1 Å². The van der Waals surface area contributed by atoms with Crippen LogP contribution in [0.5, 0.6) is 0 Å². The molecule has 2 N–H and O–H groups in total. The normalized spacial score (nSPS) is 10.0. The summed E-state index contributed by atoms with van der Waals surface area (Å²) in [5, 5.41) is 5.50. The summed E-state index contributed by atoms with van der Waals surface area (Å²) in [4.78, 5) is 11.7. The highest BCUT2D eigenvalue weighted by molar-refractivity contribution is 14.1. The van der Waals surface area contributed by atoms with Crippen LogP contribution in [0.2, 0.25) is 0 Å². The molecular weight excluding hydrogens is 358 g/mol. The second-order valence-corrected chi connectivity index (χ2v) is 5.14. The van der Waals surface area contributed by atoms with E-state index in [4.69, 9.17) is 0 Å². The average Bonchev–Trinajstić information content (AvgIpc) is 2.39. The third kappa shape index (κ3) is 4.20. The van der Waals surface area contributed by atoms with Gasteiger partial charge in [-0.15, -0.1) is 0 Å². The van der Waals surface area contributed by atoms with Crippen molar-refractivity contribution in [3.63, 3.8) is 0 Å². The van der Waals surface area contributed by atoms with Crippen LogP contribution in [0, 0.1) is 9.39 Å². The summed E-state index contributed by atoms with van der Waals surface area (Å²) < 4.78 is 14.4. The molecule has 0 aromatic heterocycles. The second-order valence-electron chi connectivity index (χ2n) is 3.89. The molecule has 0 heterocycles. The minimum Gasteiger partial charge on any atom is -0.376 e. The monoisotopic (exact) mass is 370 g/mol. The highest BCUT2D eigenvalue weighted by Gasteiger charge is 2.05. The average molecular weight is 370 g/mol. The van der Waals surface area contributed by atoms with Crippen LogP contribution in [0.3, 0.4) is 0 Å². The second kappa shape index (κ2) is 6.51. The van der Waals surface area contributed by atoms with Crippen LogP contribution in [0.1, 0.15) is 0 Å². The van der Waals surface area contributed by atoms with Gasteiger partial charge in [0.1, 0.15) is 5.82 Å². The number of carbonyl (C=O) groups excluding carboxylic acids is 1. The molecule has 0 bridgehead atoms. The van der Waals surface area contributed by atoms with Gasteiger partial charge in [0, 0.05) is 9.26 Å². The Hall–Kier alpha value is -1.63. The van der Waals surface area contributed by atoms with E-state index in [0.717, 1.165) is 9.26 Å². The molecular formula is C14H12FIN2O. The standard InChI is InChI=1S/C14H12FIN2O/c15-12-6-1-2-7-13(12)18-14(19)9-17-11-5-3-4-10(16)8-11/h1-8,17H,9H2,(H,18,19). The van der Waals surface area contributed by atoms with Crippen molar-refractivity contribution in [2.24, 2.45) is 0 Å². The Kier molecular flexibility index (Phi) is 4.73. The molecule has 0 saturated carbocycles. The molecule has 0 aliphatic rings. The minimum atomic E-state index is -0.440. The fourth-order valence-corrected chi connectivity index (χ4v) is 2.08. The topological polar surface area (TPSA) is 41.1 Å². The lowest BCUT2D eigenvalue weighted by molar-refractivity contribution is -0.114. The van der Waals surface area contributed by atoms with Gasteiger partial charge in [-0.25, -0.2) is 4.39 Å². The summed E-state index contributed by atoms with van der Waals surface area (Å²) in [7, 11) is 0. The summed E-state index contributed by atoms with van der Waals surface area (Å²) >= 11 is 2.20. The number of halogens is 2. The highest BCUT2D eigenvalue weighted by atomic mass is 127. The van der Waals surface area contributed by atoms with Crippen LogP contribution in [0.25, 0.3) is 0 Å². The third-order valence-electron chi connectivity index (χ3n) is 2.43. The zero-order valence-corrected chi connectivity index (χ0v) is 12.1. The number of anilines is 2. The molecule has 19 heavy (non-hydrogen) atoms. The largest absolute Gasteiger partial charge is 0.376 e. The number of carbonyl (C=O) groups is 1. The molecule has 0 saturated heterocycles. The van der Waals surface area contributed by atoms with Crippen molar-refractivity contribution in [1.82, 2.24) is 0 Å². The van der Waals surface area contributed by atoms with E-state index >= 15 is 0 Å². The maximum Gasteiger partial charge on any atom is 0.243 e.